The van der Waals surface area contributed by atoms with Crippen molar-refractivity contribution in [2.45, 2.75) is 70.5 Å². The number of benzene rings is 2. The Bertz CT molecular complexity index is 813. The minimum Gasteiger partial charge on any atom is -0.350 e. The van der Waals surface area contributed by atoms with Gasteiger partial charge in [0.1, 0.15) is 6.04 Å². The summed E-state index contributed by atoms with van der Waals surface area (Å²) < 4.78 is 0. The minimum atomic E-state index is -0.486. The van der Waals surface area contributed by atoms with Gasteiger partial charge >= 0.3 is 0 Å². The summed E-state index contributed by atoms with van der Waals surface area (Å²) in [7, 11) is 0. The van der Waals surface area contributed by atoms with Crippen molar-refractivity contribution in [3.05, 3.63) is 65.7 Å². The second-order valence-electron chi connectivity index (χ2n) is 8.58. The predicted molar refractivity (Wildman–Crippen MR) is 125 cm³/mol. The zero-order valence-electron chi connectivity index (χ0n) is 18.8. The molecule has 0 aliphatic heterocycles. The van der Waals surface area contributed by atoms with Crippen molar-refractivity contribution < 1.29 is 9.59 Å². The van der Waals surface area contributed by atoms with E-state index in [2.05, 4.69) is 5.32 Å². The van der Waals surface area contributed by atoms with Crippen molar-refractivity contribution in [3.8, 4) is 0 Å². The molecule has 4 nitrogen and oxygen atoms in total. The molecule has 2 aromatic carbocycles. The molecule has 30 heavy (non-hydrogen) atoms. The largest absolute Gasteiger partial charge is 0.350 e. The first-order chi connectivity index (χ1) is 14.2. The van der Waals surface area contributed by atoms with Crippen LogP contribution in [0.2, 0.25) is 0 Å². The van der Waals surface area contributed by atoms with Crippen LogP contribution >= 0.6 is 11.8 Å². The Morgan fingerprint density at radius 1 is 1.03 bits per heavy atom. The lowest BCUT2D eigenvalue weighted by atomic mass is 10.0. The molecule has 162 valence electrons. The summed E-state index contributed by atoms with van der Waals surface area (Å²) in [4.78, 5) is 29.1. The maximum atomic E-state index is 13.2. The van der Waals surface area contributed by atoms with Crippen LogP contribution in [0.25, 0.3) is 0 Å². The Hall–Kier alpha value is -2.27. The highest BCUT2D eigenvalue weighted by molar-refractivity contribution is 7.99. The predicted octanol–water partition coefficient (Wildman–Crippen LogP) is 5.20. The van der Waals surface area contributed by atoms with Crippen molar-refractivity contribution in [1.29, 1.82) is 0 Å². The van der Waals surface area contributed by atoms with Gasteiger partial charge in [-0.1, -0.05) is 55.0 Å². The number of carbonyl (C=O) groups is 2. The Morgan fingerprint density at radius 2 is 1.67 bits per heavy atom. The fraction of sp³-hybridized carbons (Fsp3) is 0.440. The van der Waals surface area contributed by atoms with Gasteiger partial charge in [0.2, 0.25) is 11.8 Å². The fourth-order valence-corrected chi connectivity index (χ4v) is 4.04. The third-order valence-corrected chi connectivity index (χ3v) is 5.70. The molecule has 2 amide bonds. The molecule has 2 rings (SSSR count). The molecule has 0 aromatic heterocycles. The zero-order chi connectivity index (χ0) is 22.1. The molecule has 2 aromatic rings. The molecular formula is C25H34N2O2S. The summed E-state index contributed by atoms with van der Waals surface area (Å²) in [5.41, 5.74) is 1.87. The molecular weight excluding hydrogens is 392 g/mol. The van der Waals surface area contributed by atoms with Gasteiger partial charge in [0.15, 0.2) is 0 Å². The van der Waals surface area contributed by atoms with Gasteiger partial charge in [0, 0.05) is 29.2 Å². The van der Waals surface area contributed by atoms with Crippen LogP contribution in [0.3, 0.4) is 0 Å². The van der Waals surface area contributed by atoms with Crippen molar-refractivity contribution in [1.82, 2.24) is 10.2 Å². The van der Waals surface area contributed by atoms with E-state index >= 15 is 0 Å². The number of nitrogens with zero attached hydrogens (tertiary/aromatic N) is 1. The summed E-state index contributed by atoms with van der Waals surface area (Å²) in [5, 5.41) is 3.04. The van der Waals surface area contributed by atoms with Crippen LogP contribution in [0, 0.1) is 6.92 Å². The first-order valence-corrected chi connectivity index (χ1v) is 11.5. The average molecular weight is 427 g/mol. The molecule has 0 fully saturated rings. The van der Waals surface area contributed by atoms with E-state index in [1.807, 2.05) is 89.2 Å². The Balaban J connectivity index is 2.14. The molecule has 0 saturated heterocycles. The van der Waals surface area contributed by atoms with E-state index in [4.69, 9.17) is 0 Å². The molecule has 0 radical (unpaired) electrons. The molecule has 1 N–H and O–H groups in total. The topological polar surface area (TPSA) is 49.4 Å². The molecule has 0 aliphatic rings. The van der Waals surface area contributed by atoms with E-state index in [-0.39, 0.29) is 17.4 Å². The van der Waals surface area contributed by atoms with Crippen LogP contribution in [0.15, 0.2) is 59.5 Å². The van der Waals surface area contributed by atoms with Crippen LogP contribution in [0.1, 0.15) is 51.7 Å². The molecule has 0 bridgehead atoms. The lowest BCUT2D eigenvalue weighted by molar-refractivity contribution is -0.141. The van der Waals surface area contributed by atoms with E-state index in [1.54, 1.807) is 16.7 Å². The first kappa shape index (κ1) is 24.0. The maximum Gasteiger partial charge on any atom is 0.243 e. The average Bonchev–Trinajstić information content (AvgIpc) is 2.68. The molecule has 5 heteroatoms. The van der Waals surface area contributed by atoms with Crippen LogP contribution in [-0.4, -0.2) is 34.0 Å². The number of hydrogen-bond acceptors (Lipinski definition) is 3. The Kier molecular flexibility index (Phi) is 8.97. The van der Waals surface area contributed by atoms with E-state index in [0.29, 0.717) is 25.1 Å². The molecule has 0 saturated carbocycles. The highest BCUT2D eigenvalue weighted by atomic mass is 32.2. The van der Waals surface area contributed by atoms with E-state index in [1.165, 1.54) is 5.56 Å². The SMILES string of the molecule is CC[C@H](C(=O)NC(C)(C)C)N(Cc1ccc(C)cc1)C(=O)CCSc1ccccc1. The van der Waals surface area contributed by atoms with Crippen molar-refractivity contribution in [3.63, 3.8) is 0 Å². The molecule has 0 aliphatic carbocycles. The van der Waals surface area contributed by atoms with Crippen LogP contribution in [0.4, 0.5) is 0 Å². The highest BCUT2D eigenvalue weighted by Crippen LogP contribution is 2.20. The molecule has 0 unspecified atom stereocenters. The normalized spacial score (nSPS) is 12.3. The van der Waals surface area contributed by atoms with Gasteiger partial charge in [-0.05, 0) is 51.8 Å². The second-order valence-corrected chi connectivity index (χ2v) is 9.75. The van der Waals surface area contributed by atoms with Gasteiger partial charge in [0.25, 0.3) is 0 Å². The van der Waals surface area contributed by atoms with Gasteiger partial charge in [-0.15, -0.1) is 11.8 Å². The van der Waals surface area contributed by atoms with E-state index in [9.17, 15) is 9.59 Å². The summed E-state index contributed by atoms with van der Waals surface area (Å²) in [5.74, 6) is 0.598. The summed E-state index contributed by atoms with van der Waals surface area (Å²) in [6.45, 7) is 10.3. The molecule has 0 heterocycles. The zero-order valence-corrected chi connectivity index (χ0v) is 19.6. The number of rotatable bonds is 9. The summed E-state index contributed by atoms with van der Waals surface area (Å²) >= 11 is 1.66. The standard InChI is InChI=1S/C25H34N2O2S/c1-6-22(24(29)26-25(3,4)5)27(18-20-14-12-19(2)13-15-20)23(28)16-17-30-21-10-8-7-9-11-21/h7-15,22H,6,16-18H2,1-5H3,(H,26,29)/t22-/m1/s1. The summed E-state index contributed by atoms with van der Waals surface area (Å²) in [6, 6.07) is 17.7. The van der Waals surface area contributed by atoms with Crippen molar-refractivity contribution in [2.24, 2.45) is 0 Å². The monoisotopic (exact) mass is 426 g/mol. The van der Waals surface area contributed by atoms with Gasteiger partial charge in [-0.3, -0.25) is 9.59 Å². The first-order valence-electron chi connectivity index (χ1n) is 10.5. The van der Waals surface area contributed by atoms with Gasteiger partial charge in [-0.2, -0.15) is 0 Å². The van der Waals surface area contributed by atoms with Crippen LogP contribution in [-0.2, 0) is 16.1 Å². The fourth-order valence-electron chi connectivity index (χ4n) is 3.18. The highest BCUT2D eigenvalue weighted by Gasteiger charge is 2.30. The van der Waals surface area contributed by atoms with E-state index < -0.39 is 6.04 Å². The lowest BCUT2D eigenvalue weighted by Crippen LogP contribution is -2.53. The second kappa shape index (κ2) is 11.2. The van der Waals surface area contributed by atoms with E-state index in [0.717, 1.165) is 10.5 Å². The third kappa shape index (κ3) is 7.86. The minimum absolute atomic E-state index is 0.00918. The number of thioether (sulfide) groups is 1. The Morgan fingerprint density at radius 3 is 2.23 bits per heavy atom. The number of nitrogens with one attached hydrogen (secondary N) is 1. The summed E-state index contributed by atoms with van der Waals surface area (Å²) in [6.07, 6.45) is 0.968. The molecule has 1 atom stereocenters. The smallest absolute Gasteiger partial charge is 0.243 e. The number of amides is 2. The Labute approximate surface area is 185 Å². The van der Waals surface area contributed by atoms with Gasteiger partial charge in [0.05, 0.1) is 0 Å². The van der Waals surface area contributed by atoms with Crippen LogP contribution in [0.5, 0.6) is 0 Å². The van der Waals surface area contributed by atoms with Crippen LogP contribution < -0.4 is 5.32 Å². The molecule has 0 spiro atoms. The van der Waals surface area contributed by atoms with Gasteiger partial charge < -0.3 is 10.2 Å². The third-order valence-electron chi connectivity index (χ3n) is 4.69. The lowest BCUT2D eigenvalue weighted by Gasteiger charge is -2.33. The van der Waals surface area contributed by atoms with Crippen molar-refractivity contribution in [2.75, 3.05) is 5.75 Å². The van der Waals surface area contributed by atoms with Gasteiger partial charge in [-0.25, -0.2) is 0 Å². The number of hydrogen-bond donors (Lipinski definition) is 1. The van der Waals surface area contributed by atoms with Crippen molar-refractivity contribution >= 4 is 23.6 Å². The quantitative estimate of drug-likeness (QED) is 0.561. The maximum absolute atomic E-state index is 13.2. The number of carbonyl (C=O) groups excluding carboxylic acids is 2. The number of aryl methyl sites for hydroxylation is 1.